The first-order valence-corrected chi connectivity index (χ1v) is 10.7. The number of rotatable bonds is 5. The number of allylic oxidation sites excluding steroid dienone is 2. The van der Waals surface area contributed by atoms with Gasteiger partial charge in [-0.15, -0.1) is 11.3 Å². The highest BCUT2D eigenvalue weighted by Gasteiger charge is 2.51. The van der Waals surface area contributed by atoms with E-state index in [0.717, 1.165) is 10.4 Å². The van der Waals surface area contributed by atoms with Crippen molar-refractivity contribution in [1.29, 1.82) is 0 Å². The molecule has 2 aliphatic rings. The zero-order valence-electron chi connectivity index (χ0n) is 16.3. The first-order valence-electron chi connectivity index (χ1n) is 9.51. The van der Waals surface area contributed by atoms with Crippen LogP contribution in [0.15, 0.2) is 36.4 Å². The molecule has 30 heavy (non-hydrogen) atoms. The molecule has 4 rings (SSSR count). The number of anilines is 1. The maximum Gasteiger partial charge on any atom is 0.341 e. The van der Waals surface area contributed by atoms with Crippen LogP contribution >= 0.6 is 22.9 Å². The maximum atomic E-state index is 13.1. The van der Waals surface area contributed by atoms with Crippen molar-refractivity contribution in [3.63, 3.8) is 0 Å². The van der Waals surface area contributed by atoms with E-state index in [-0.39, 0.29) is 23.3 Å². The number of benzene rings is 1. The average molecular weight is 446 g/mol. The van der Waals surface area contributed by atoms with Gasteiger partial charge >= 0.3 is 11.9 Å². The fourth-order valence-corrected chi connectivity index (χ4v) is 5.80. The fourth-order valence-electron chi connectivity index (χ4n) is 4.61. The van der Waals surface area contributed by atoms with Gasteiger partial charge in [-0.3, -0.25) is 9.59 Å². The van der Waals surface area contributed by atoms with Crippen molar-refractivity contribution in [2.24, 2.45) is 23.7 Å². The van der Waals surface area contributed by atoms with Crippen molar-refractivity contribution in [1.82, 2.24) is 0 Å². The molecule has 0 radical (unpaired) electrons. The molecular weight excluding hydrogens is 426 g/mol. The molecule has 2 aromatic rings. The van der Waals surface area contributed by atoms with Crippen molar-refractivity contribution in [2.45, 2.75) is 13.3 Å². The van der Waals surface area contributed by atoms with Crippen LogP contribution in [-0.2, 0) is 14.3 Å². The van der Waals surface area contributed by atoms with E-state index in [0.29, 0.717) is 22.0 Å². The summed E-state index contributed by atoms with van der Waals surface area (Å²) >= 11 is 7.26. The van der Waals surface area contributed by atoms with E-state index in [1.807, 2.05) is 19.1 Å². The number of aliphatic carboxylic acids is 1. The normalized spacial score (nSPS) is 24.1. The van der Waals surface area contributed by atoms with Gasteiger partial charge in [0.1, 0.15) is 10.6 Å². The predicted octanol–water partition coefficient (Wildman–Crippen LogP) is 4.62. The summed E-state index contributed by atoms with van der Waals surface area (Å²) in [5, 5.41) is 13.4. The van der Waals surface area contributed by atoms with Crippen LogP contribution in [0.3, 0.4) is 0 Å². The van der Waals surface area contributed by atoms with Crippen molar-refractivity contribution in [3.8, 4) is 11.1 Å². The van der Waals surface area contributed by atoms with Gasteiger partial charge in [0.05, 0.1) is 18.9 Å². The standard InChI is InChI=1S/C22H20ClNO5S/c1-10-15(11-5-7-14(23)8-6-11)18(22(28)29-2)20(30-10)24-19(25)16-12-3-4-13(9-12)17(16)21(26)27/h3-8,12-13,16-17H,9H2,1-2H3,(H,24,25)(H,26,27)/t12-,13-,16+,17+/m0/s1. The molecule has 2 N–H and O–H groups in total. The Balaban J connectivity index is 1.71. The van der Waals surface area contributed by atoms with Crippen LogP contribution in [-0.4, -0.2) is 30.1 Å². The largest absolute Gasteiger partial charge is 0.481 e. The van der Waals surface area contributed by atoms with Crippen LogP contribution in [0.5, 0.6) is 0 Å². The second-order valence-electron chi connectivity index (χ2n) is 7.56. The van der Waals surface area contributed by atoms with Gasteiger partial charge in [0.25, 0.3) is 0 Å². The molecule has 1 fully saturated rings. The molecule has 8 heteroatoms. The smallest absolute Gasteiger partial charge is 0.341 e. The lowest BCUT2D eigenvalue weighted by atomic mass is 9.82. The van der Waals surface area contributed by atoms with Gasteiger partial charge in [0.2, 0.25) is 5.91 Å². The third-order valence-electron chi connectivity index (χ3n) is 5.89. The lowest BCUT2D eigenvalue weighted by Crippen LogP contribution is -2.36. The number of aryl methyl sites for hydroxylation is 1. The number of carboxylic acids is 1. The number of halogens is 1. The molecule has 2 aliphatic carbocycles. The highest BCUT2D eigenvalue weighted by atomic mass is 35.5. The fraction of sp³-hybridized carbons (Fsp3) is 0.318. The Hall–Kier alpha value is -2.64. The Morgan fingerprint density at radius 3 is 2.37 bits per heavy atom. The summed E-state index contributed by atoms with van der Waals surface area (Å²) in [4.78, 5) is 38.3. The lowest BCUT2D eigenvalue weighted by Gasteiger charge is -2.23. The minimum absolute atomic E-state index is 0.102. The third-order valence-corrected chi connectivity index (χ3v) is 7.16. The Kier molecular flexibility index (Phi) is 5.42. The number of amides is 1. The van der Waals surface area contributed by atoms with Crippen molar-refractivity contribution < 1.29 is 24.2 Å². The molecule has 1 heterocycles. The number of methoxy groups -OCH3 is 1. The van der Waals surface area contributed by atoms with E-state index in [1.54, 1.807) is 24.3 Å². The van der Waals surface area contributed by atoms with Crippen LogP contribution in [0.1, 0.15) is 21.7 Å². The van der Waals surface area contributed by atoms with Crippen LogP contribution in [0.4, 0.5) is 5.00 Å². The average Bonchev–Trinajstić information content (AvgIpc) is 3.41. The number of esters is 1. The lowest BCUT2D eigenvalue weighted by molar-refractivity contribution is -0.146. The van der Waals surface area contributed by atoms with Crippen LogP contribution < -0.4 is 5.32 Å². The number of hydrogen-bond acceptors (Lipinski definition) is 5. The molecule has 156 valence electrons. The van der Waals surface area contributed by atoms with Crippen molar-refractivity contribution >= 4 is 45.8 Å². The van der Waals surface area contributed by atoms with E-state index in [9.17, 15) is 19.5 Å². The summed E-state index contributed by atoms with van der Waals surface area (Å²) in [5.74, 6) is -3.56. The highest BCUT2D eigenvalue weighted by Crippen LogP contribution is 2.49. The van der Waals surface area contributed by atoms with E-state index in [2.05, 4.69) is 5.32 Å². The summed E-state index contributed by atoms with van der Waals surface area (Å²) in [6, 6.07) is 7.06. The Morgan fingerprint density at radius 2 is 1.77 bits per heavy atom. The molecule has 1 aromatic carbocycles. The molecule has 0 spiro atoms. The van der Waals surface area contributed by atoms with Gasteiger partial charge in [0.15, 0.2) is 0 Å². The molecular formula is C22H20ClNO5S. The molecule has 6 nitrogen and oxygen atoms in total. The highest BCUT2D eigenvalue weighted by molar-refractivity contribution is 7.17. The van der Waals surface area contributed by atoms with Crippen LogP contribution in [0.25, 0.3) is 11.1 Å². The number of hydrogen-bond donors (Lipinski definition) is 2. The van der Waals surface area contributed by atoms with Gasteiger partial charge in [-0.05, 0) is 42.9 Å². The summed E-state index contributed by atoms with van der Waals surface area (Å²) < 4.78 is 4.98. The monoisotopic (exact) mass is 445 g/mol. The second kappa shape index (κ2) is 7.89. The molecule has 1 saturated carbocycles. The summed E-state index contributed by atoms with van der Waals surface area (Å²) in [6.45, 7) is 1.86. The summed E-state index contributed by atoms with van der Waals surface area (Å²) in [7, 11) is 1.29. The number of ether oxygens (including phenoxy) is 1. The Morgan fingerprint density at radius 1 is 1.13 bits per heavy atom. The number of thiophene rings is 1. The van der Waals surface area contributed by atoms with Crippen LogP contribution in [0, 0.1) is 30.6 Å². The predicted molar refractivity (Wildman–Crippen MR) is 115 cm³/mol. The zero-order valence-corrected chi connectivity index (χ0v) is 17.9. The zero-order chi connectivity index (χ0) is 21.6. The van der Waals surface area contributed by atoms with Crippen molar-refractivity contribution in [3.05, 3.63) is 51.9 Å². The Labute approximate surface area is 182 Å². The maximum absolute atomic E-state index is 13.1. The van der Waals surface area contributed by atoms with E-state index in [4.69, 9.17) is 16.3 Å². The number of fused-ring (bicyclic) bond motifs is 2. The number of carboxylic acid groups (broad SMARTS) is 1. The van der Waals surface area contributed by atoms with Crippen molar-refractivity contribution in [2.75, 3.05) is 12.4 Å². The number of nitrogens with one attached hydrogen (secondary N) is 1. The van der Waals surface area contributed by atoms with Gasteiger partial charge in [-0.2, -0.15) is 0 Å². The first kappa shape index (κ1) is 20.6. The molecule has 0 aliphatic heterocycles. The second-order valence-corrected chi connectivity index (χ2v) is 9.22. The topological polar surface area (TPSA) is 92.7 Å². The van der Waals surface area contributed by atoms with Gasteiger partial charge in [0, 0.05) is 15.5 Å². The third kappa shape index (κ3) is 3.42. The molecule has 1 amide bonds. The van der Waals surface area contributed by atoms with E-state index in [1.165, 1.54) is 18.4 Å². The SMILES string of the molecule is COC(=O)c1c(NC(=O)[C@H]2[C@H](C(=O)O)[C@H]3C=C[C@H]2C3)sc(C)c1-c1ccc(Cl)cc1. The molecule has 2 bridgehead atoms. The summed E-state index contributed by atoms with van der Waals surface area (Å²) in [6.07, 6.45) is 4.48. The Bertz CT molecular complexity index is 1060. The molecule has 1 aromatic heterocycles. The molecule has 0 unspecified atom stereocenters. The van der Waals surface area contributed by atoms with Gasteiger partial charge in [-0.25, -0.2) is 4.79 Å². The first-order chi connectivity index (χ1) is 14.3. The summed E-state index contributed by atoms with van der Waals surface area (Å²) in [5.41, 5.74) is 1.71. The number of carbonyl (C=O) groups is 3. The van der Waals surface area contributed by atoms with E-state index >= 15 is 0 Å². The quantitative estimate of drug-likeness (QED) is 0.517. The minimum Gasteiger partial charge on any atom is -0.481 e. The van der Waals surface area contributed by atoms with E-state index < -0.39 is 23.8 Å². The molecule has 0 saturated heterocycles. The van der Waals surface area contributed by atoms with Gasteiger partial charge < -0.3 is 15.2 Å². The minimum atomic E-state index is -0.968. The molecule has 4 atom stereocenters. The van der Waals surface area contributed by atoms with Crippen LogP contribution in [0.2, 0.25) is 5.02 Å². The number of carbonyl (C=O) groups excluding carboxylic acids is 2. The van der Waals surface area contributed by atoms with Gasteiger partial charge in [-0.1, -0.05) is 35.9 Å².